The molecule has 0 radical (unpaired) electrons. The first-order chi connectivity index (χ1) is 10.1. The minimum Gasteiger partial charge on any atom is -0.492 e. The van der Waals surface area contributed by atoms with Crippen LogP contribution in [0.4, 0.5) is 10.1 Å². The van der Waals surface area contributed by atoms with Gasteiger partial charge in [0, 0.05) is 11.3 Å². The van der Waals surface area contributed by atoms with Crippen LogP contribution in [0.1, 0.15) is 23.7 Å². The van der Waals surface area contributed by atoms with E-state index in [0.29, 0.717) is 28.1 Å². The lowest BCUT2D eigenvalue weighted by molar-refractivity contribution is 0.102. The molecule has 1 N–H and O–H groups in total. The maximum atomic E-state index is 13.1. The molecule has 0 aliphatic heterocycles. The van der Waals surface area contributed by atoms with E-state index in [0.717, 1.165) is 6.42 Å². The van der Waals surface area contributed by atoms with Crippen molar-refractivity contribution in [1.82, 2.24) is 0 Å². The summed E-state index contributed by atoms with van der Waals surface area (Å²) in [6, 6.07) is 10.9. The molecule has 110 valence electrons. The summed E-state index contributed by atoms with van der Waals surface area (Å²) < 4.78 is 19.3. The predicted octanol–water partition coefficient (Wildman–Crippen LogP) is 4.63. The summed E-state index contributed by atoms with van der Waals surface area (Å²) in [5, 5.41) is 2.65. The van der Waals surface area contributed by atoms with Gasteiger partial charge in [-0.3, -0.25) is 4.79 Å². The number of benzene rings is 2. The van der Waals surface area contributed by atoms with E-state index in [1.165, 1.54) is 12.1 Å². The second kappa shape index (κ2) is 7.22. The number of carbonyl (C=O) groups is 1. The molecule has 0 spiro atoms. The van der Waals surface area contributed by atoms with E-state index in [4.69, 9.17) is 4.74 Å². The van der Waals surface area contributed by atoms with Crippen LogP contribution in [0.15, 0.2) is 46.9 Å². The monoisotopic (exact) mass is 351 g/mol. The highest BCUT2D eigenvalue weighted by Gasteiger charge is 2.10. The number of nitrogens with one attached hydrogen (secondary N) is 1. The summed E-state index contributed by atoms with van der Waals surface area (Å²) in [6.45, 7) is 2.64. The first-order valence-electron chi connectivity index (χ1n) is 6.59. The zero-order valence-corrected chi connectivity index (χ0v) is 13.1. The van der Waals surface area contributed by atoms with Gasteiger partial charge < -0.3 is 10.1 Å². The van der Waals surface area contributed by atoms with Crippen LogP contribution < -0.4 is 10.1 Å². The first-order valence-corrected chi connectivity index (χ1v) is 7.38. The van der Waals surface area contributed by atoms with Crippen LogP contribution in [0, 0.1) is 5.82 Å². The average molecular weight is 352 g/mol. The summed E-state index contributed by atoms with van der Waals surface area (Å²) in [4.78, 5) is 12.1. The molecule has 2 rings (SSSR count). The van der Waals surface area contributed by atoms with Gasteiger partial charge in [-0.2, -0.15) is 0 Å². The Hall–Kier alpha value is -1.88. The Bertz CT molecular complexity index is 646. The van der Waals surface area contributed by atoms with E-state index < -0.39 is 5.82 Å². The molecule has 0 fully saturated rings. The van der Waals surface area contributed by atoms with Gasteiger partial charge in [0.05, 0.1) is 11.1 Å². The molecule has 2 aromatic rings. The molecule has 0 aromatic heterocycles. The highest BCUT2D eigenvalue weighted by atomic mass is 79.9. The van der Waals surface area contributed by atoms with E-state index >= 15 is 0 Å². The third kappa shape index (κ3) is 4.29. The van der Waals surface area contributed by atoms with Crippen LogP contribution in [0.25, 0.3) is 0 Å². The highest BCUT2D eigenvalue weighted by Crippen LogP contribution is 2.26. The molecule has 0 saturated carbocycles. The minimum atomic E-state index is -0.391. The zero-order chi connectivity index (χ0) is 15.2. The second-order valence-electron chi connectivity index (χ2n) is 4.46. The fraction of sp³-hybridized carbons (Fsp3) is 0.188. The predicted molar refractivity (Wildman–Crippen MR) is 84.3 cm³/mol. The van der Waals surface area contributed by atoms with Gasteiger partial charge in [-0.25, -0.2) is 4.39 Å². The first kappa shape index (κ1) is 15.5. The quantitative estimate of drug-likeness (QED) is 0.852. The number of halogens is 2. The molecule has 0 atom stereocenters. The Kier molecular flexibility index (Phi) is 5.33. The molecular formula is C16H15BrFNO2. The van der Waals surface area contributed by atoms with Gasteiger partial charge in [-0.05, 0) is 58.7 Å². The summed E-state index contributed by atoms with van der Waals surface area (Å²) in [7, 11) is 0. The number of rotatable bonds is 5. The normalized spacial score (nSPS) is 10.2. The van der Waals surface area contributed by atoms with Crippen molar-refractivity contribution in [2.45, 2.75) is 13.3 Å². The third-order valence-electron chi connectivity index (χ3n) is 2.74. The average Bonchev–Trinajstić information content (AvgIpc) is 2.46. The lowest BCUT2D eigenvalue weighted by atomic mass is 10.2. The van der Waals surface area contributed by atoms with Gasteiger partial charge >= 0.3 is 0 Å². The van der Waals surface area contributed by atoms with E-state index in [2.05, 4.69) is 21.2 Å². The minimum absolute atomic E-state index is 0.302. The van der Waals surface area contributed by atoms with Gasteiger partial charge in [0.1, 0.15) is 11.6 Å². The number of hydrogen-bond donors (Lipinski definition) is 1. The van der Waals surface area contributed by atoms with Crippen LogP contribution >= 0.6 is 15.9 Å². The van der Waals surface area contributed by atoms with Gasteiger partial charge in [0.2, 0.25) is 0 Å². The molecule has 0 saturated heterocycles. The van der Waals surface area contributed by atoms with E-state index in [1.807, 2.05) is 6.92 Å². The lowest BCUT2D eigenvalue weighted by Crippen LogP contribution is -2.12. The molecule has 2 aromatic carbocycles. The molecule has 0 unspecified atom stereocenters. The standard InChI is InChI=1S/C16H15BrFNO2/c1-2-8-21-15-7-6-11(9-14(15)17)16(20)19-13-5-3-4-12(18)10-13/h3-7,9-10H,2,8H2,1H3,(H,19,20). The Morgan fingerprint density at radius 3 is 2.76 bits per heavy atom. The maximum absolute atomic E-state index is 13.1. The van der Waals surface area contributed by atoms with E-state index in [-0.39, 0.29) is 5.91 Å². The zero-order valence-electron chi connectivity index (χ0n) is 11.5. The highest BCUT2D eigenvalue weighted by molar-refractivity contribution is 9.10. The molecule has 1 amide bonds. The van der Waals surface area contributed by atoms with E-state index in [1.54, 1.807) is 30.3 Å². The molecule has 0 aliphatic rings. The topological polar surface area (TPSA) is 38.3 Å². The Balaban J connectivity index is 2.11. The van der Waals surface area contributed by atoms with Crippen molar-refractivity contribution >= 4 is 27.5 Å². The van der Waals surface area contributed by atoms with Crippen LogP contribution in [0.2, 0.25) is 0 Å². The van der Waals surface area contributed by atoms with Crippen molar-refractivity contribution in [3.63, 3.8) is 0 Å². The SMILES string of the molecule is CCCOc1ccc(C(=O)Nc2cccc(F)c2)cc1Br. The fourth-order valence-corrected chi connectivity index (χ4v) is 2.23. The molecule has 5 heteroatoms. The van der Waals surface area contributed by atoms with Gasteiger partial charge in [0.25, 0.3) is 5.91 Å². The Morgan fingerprint density at radius 2 is 2.10 bits per heavy atom. The lowest BCUT2D eigenvalue weighted by Gasteiger charge is -2.09. The van der Waals surface area contributed by atoms with Crippen LogP contribution in [-0.2, 0) is 0 Å². The van der Waals surface area contributed by atoms with Crippen molar-refractivity contribution < 1.29 is 13.9 Å². The van der Waals surface area contributed by atoms with E-state index in [9.17, 15) is 9.18 Å². The summed E-state index contributed by atoms with van der Waals surface area (Å²) in [5.74, 6) is -0.000193. The number of amides is 1. The van der Waals surface area contributed by atoms with Crippen LogP contribution in [-0.4, -0.2) is 12.5 Å². The summed E-state index contributed by atoms with van der Waals surface area (Å²) in [6.07, 6.45) is 0.911. The number of ether oxygens (including phenoxy) is 1. The van der Waals surface area contributed by atoms with Crippen molar-refractivity contribution in [3.05, 3.63) is 58.3 Å². The summed E-state index contributed by atoms with van der Waals surface area (Å²) in [5.41, 5.74) is 0.886. The number of hydrogen-bond acceptors (Lipinski definition) is 2. The molecular weight excluding hydrogens is 337 g/mol. The third-order valence-corrected chi connectivity index (χ3v) is 3.36. The molecule has 0 bridgehead atoms. The largest absolute Gasteiger partial charge is 0.492 e. The molecule has 21 heavy (non-hydrogen) atoms. The fourth-order valence-electron chi connectivity index (χ4n) is 1.74. The Labute approximate surface area is 131 Å². The molecule has 3 nitrogen and oxygen atoms in total. The summed E-state index contributed by atoms with van der Waals surface area (Å²) >= 11 is 3.38. The number of carbonyl (C=O) groups excluding carboxylic acids is 1. The van der Waals surface area contributed by atoms with Crippen LogP contribution in [0.3, 0.4) is 0 Å². The van der Waals surface area contributed by atoms with Gasteiger partial charge in [0.15, 0.2) is 0 Å². The van der Waals surface area contributed by atoms with Gasteiger partial charge in [-0.1, -0.05) is 13.0 Å². The smallest absolute Gasteiger partial charge is 0.255 e. The molecule has 0 heterocycles. The van der Waals surface area contributed by atoms with Crippen molar-refractivity contribution in [3.8, 4) is 5.75 Å². The molecule has 0 aliphatic carbocycles. The number of anilines is 1. The Morgan fingerprint density at radius 1 is 1.29 bits per heavy atom. The van der Waals surface area contributed by atoms with Crippen molar-refractivity contribution in [2.75, 3.05) is 11.9 Å². The van der Waals surface area contributed by atoms with Crippen molar-refractivity contribution in [1.29, 1.82) is 0 Å². The van der Waals surface area contributed by atoms with Crippen LogP contribution in [0.5, 0.6) is 5.75 Å². The second-order valence-corrected chi connectivity index (χ2v) is 5.31. The van der Waals surface area contributed by atoms with Crippen molar-refractivity contribution in [2.24, 2.45) is 0 Å². The maximum Gasteiger partial charge on any atom is 0.255 e. The van der Waals surface area contributed by atoms with Gasteiger partial charge in [-0.15, -0.1) is 0 Å².